The molecule has 0 bridgehead atoms. The van der Waals surface area contributed by atoms with Crippen LogP contribution in [0, 0.1) is 0 Å². The van der Waals surface area contributed by atoms with Gasteiger partial charge in [-0.2, -0.15) is 0 Å². The maximum atomic E-state index is 11.5. The molecular formula is C13H19N3O2. The predicted octanol–water partition coefficient (Wildman–Crippen LogP) is 0.119. The van der Waals surface area contributed by atoms with Crippen molar-refractivity contribution in [3.05, 3.63) is 30.1 Å². The summed E-state index contributed by atoms with van der Waals surface area (Å²) in [5.41, 5.74) is 0.812. The normalized spacial score (nSPS) is 16.9. The van der Waals surface area contributed by atoms with Gasteiger partial charge in [0.1, 0.15) is 6.61 Å². The highest BCUT2D eigenvalue weighted by Gasteiger charge is 2.32. The first-order chi connectivity index (χ1) is 8.68. The molecule has 0 spiro atoms. The van der Waals surface area contributed by atoms with Gasteiger partial charge in [-0.3, -0.25) is 9.78 Å². The van der Waals surface area contributed by atoms with Gasteiger partial charge in [0.15, 0.2) is 0 Å². The van der Waals surface area contributed by atoms with Crippen LogP contribution in [-0.4, -0.2) is 42.7 Å². The van der Waals surface area contributed by atoms with Crippen LogP contribution in [0.3, 0.4) is 0 Å². The van der Waals surface area contributed by atoms with E-state index in [4.69, 9.17) is 4.74 Å². The molecule has 2 rings (SSSR count). The smallest absolute Gasteiger partial charge is 0.246 e. The van der Waals surface area contributed by atoms with E-state index in [2.05, 4.69) is 15.6 Å². The molecule has 1 amide bonds. The number of nitrogens with one attached hydrogen (secondary N) is 2. The molecule has 1 saturated heterocycles. The zero-order chi connectivity index (χ0) is 12.8. The van der Waals surface area contributed by atoms with E-state index >= 15 is 0 Å². The summed E-state index contributed by atoms with van der Waals surface area (Å²) in [6, 6.07) is 5.77. The largest absolute Gasteiger partial charge is 0.363 e. The second kappa shape index (κ2) is 5.93. The molecule has 1 aromatic heterocycles. The van der Waals surface area contributed by atoms with E-state index in [9.17, 15) is 4.79 Å². The molecule has 5 nitrogen and oxygen atoms in total. The number of aromatic nitrogens is 1. The molecule has 98 valence electrons. The molecule has 0 aliphatic carbocycles. The summed E-state index contributed by atoms with van der Waals surface area (Å²) in [6.07, 6.45) is 2.50. The molecule has 18 heavy (non-hydrogen) atoms. The Morgan fingerprint density at radius 2 is 2.39 bits per heavy atom. The topological polar surface area (TPSA) is 63.2 Å². The number of hydrogen-bond acceptors (Lipinski definition) is 4. The molecule has 1 fully saturated rings. The zero-order valence-corrected chi connectivity index (χ0v) is 10.6. The second-order valence-electron chi connectivity index (χ2n) is 4.76. The van der Waals surface area contributed by atoms with Crippen molar-refractivity contribution in [3.63, 3.8) is 0 Å². The van der Waals surface area contributed by atoms with E-state index in [1.165, 1.54) is 0 Å². The fourth-order valence-corrected chi connectivity index (χ4v) is 1.75. The third-order valence-electron chi connectivity index (χ3n) is 2.98. The van der Waals surface area contributed by atoms with E-state index in [-0.39, 0.29) is 18.1 Å². The number of amides is 1. The molecule has 1 aliphatic heterocycles. The maximum absolute atomic E-state index is 11.5. The minimum absolute atomic E-state index is 0.0703. The van der Waals surface area contributed by atoms with Crippen molar-refractivity contribution < 1.29 is 9.53 Å². The molecule has 0 atom stereocenters. The lowest BCUT2D eigenvalue weighted by atomic mass is 10.0. The van der Waals surface area contributed by atoms with Crippen LogP contribution >= 0.6 is 0 Å². The van der Waals surface area contributed by atoms with Gasteiger partial charge in [-0.25, -0.2) is 0 Å². The molecule has 1 aromatic rings. The van der Waals surface area contributed by atoms with E-state index in [1.54, 1.807) is 6.20 Å². The van der Waals surface area contributed by atoms with Crippen LogP contribution in [0.4, 0.5) is 0 Å². The van der Waals surface area contributed by atoms with Crippen molar-refractivity contribution in [2.75, 3.05) is 26.2 Å². The molecule has 0 unspecified atom stereocenters. The minimum Gasteiger partial charge on any atom is -0.363 e. The van der Waals surface area contributed by atoms with Gasteiger partial charge in [-0.05, 0) is 19.1 Å². The average molecular weight is 249 g/mol. The minimum atomic E-state index is -0.168. The molecule has 0 aromatic carbocycles. The number of ether oxygens (including phenoxy) is 1. The summed E-state index contributed by atoms with van der Waals surface area (Å²) >= 11 is 0. The van der Waals surface area contributed by atoms with Gasteiger partial charge >= 0.3 is 0 Å². The molecule has 0 saturated carbocycles. The van der Waals surface area contributed by atoms with Gasteiger partial charge < -0.3 is 15.4 Å². The van der Waals surface area contributed by atoms with E-state index in [1.807, 2.05) is 25.1 Å². The summed E-state index contributed by atoms with van der Waals surface area (Å²) in [5, 5.41) is 5.95. The summed E-state index contributed by atoms with van der Waals surface area (Å²) < 4.78 is 5.54. The van der Waals surface area contributed by atoms with Crippen molar-refractivity contribution in [1.82, 2.24) is 15.6 Å². The zero-order valence-electron chi connectivity index (χ0n) is 10.6. The van der Waals surface area contributed by atoms with Crippen molar-refractivity contribution in [2.45, 2.75) is 18.9 Å². The predicted molar refractivity (Wildman–Crippen MR) is 68.2 cm³/mol. The lowest BCUT2D eigenvalue weighted by Crippen LogP contribution is -2.59. The van der Waals surface area contributed by atoms with Gasteiger partial charge in [0, 0.05) is 37.9 Å². The monoisotopic (exact) mass is 249 g/mol. The standard InChI is InChI=1S/C13H19N3O2/c1-13(9-14-10-13)18-8-12(17)16-7-5-11-4-2-3-6-15-11/h2-4,6,14H,5,7-10H2,1H3,(H,16,17). The summed E-state index contributed by atoms with van der Waals surface area (Å²) in [4.78, 5) is 15.7. The van der Waals surface area contributed by atoms with Crippen molar-refractivity contribution in [2.24, 2.45) is 0 Å². The van der Waals surface area contributed by atoms with Crippen LogP contribution in [-0.2, 0) is 16.0 Å². The Kier molecular flexibility index (Phi) is 4.28. The second-order valence-corrected chi connectivity index (χ2v) is 4.76. The number of rotatable bonds is 6. The Morgan fingerprint density at radius 3 is 3.00 bits per heavy atom. The van der Waals surface area contributed by atoms with Gasteiger partial charge in [0.2, 0.25) is 5.91 Å². The fraction of sp³-hybridized carbons (Fsp3) is 0.538. The lowest BCUT2D eigenvalue weighted by molar-refractivity contribution is -0.135. The Morgan fingerprint density at radius 1 is 1.56 bits per heavy atom. The molecule has 2 N–H and O–H groups in total. The van der Waals surface area contributed by atoms with Gasteiger partial charge in [0.05, 0.1) is 5.60 Å². The van der Waals surface area contributed by atoms with Gasteiger partial charge in [-0.15, -0.1) is 0 Å². The molecule has 2 heterocycles. The maximum Gasteiger partial charge on any atom is 0.246 e. The Bertz CT molecular complexity index is 390. The highest BCUT2D eigenvalue weighted by Crippen LogP contribution is 2.14. The van der Waals surface area contributed by atoms with E-state index in [0.717, 1.165) is 25.2 Å². The summed E-state index contributed by atoms with van der Waals surface area (Å²) in [6.45, 7) is 4.35. The summed E-state index contributed by atoms with van der Waals surface area (Å²) in [5.74, 6) is -0.0703. The Hall–Kier alpha value is -1.46. The van der Waals surface area contributed by atoms with Crippen LogP contribution < -0.4 is 10.6 Å². The summed E-state index contributed by atoms with van der Waals surface area (Å²) in [7, 11) is 0. The average Bonchev–Trinajstić information content (AvgIpc) is 2.35. The third-order valence-corrected chi connectivity index (χ3v) is 2.98. The van der Waals surface area contributed by atoms with Crippen LogP contribution in [0.15, 0.2) is 24.4 Å². The molecule has 0 radical (unpaired) electrons. The van der Waals surface area contributed by atoms with Gasteiger partial charge in [-0.1, -0.05) is 6.07 Å². The number of carbonyl (C=O) groups is 1. The Balaban J connectivity index is 1.60. The van der Waals surface area contributed by atoms with Crippen LogP contribution in [0.5, 0.6) is 0 Å². The number of hydrogen-bond donors (Lipinski definition) is 2. The first kappa shape index (κ1) is 13.0. The highest BCUT2D eigenvalue weighted by atomic mass is 16.5. The van der Waals surface area contributed by atoms with Crippen molar-refractivity contribution in [3.8, 4) is 0 Å². The van der Waals surface area contributed by atoms with Gasteiger partial charge in [0.25, 0.3) is 0 Å². The third kappa shape index (κ3) is 3.78. The lowest BCUT2D eigenvalue weighted by Gasteiger charge is -2.38. The number of nitrogens with zero attached hydrogens (tertiary/aromatic N) is 1. The van der Waals surface area contributed by atoms with E-state index in [0.29, 0.717) is 6.54 Å². The Labute approximate surface area is 107 Å². The molecular weight excluding hydrogens is 230 g/mol. The van der Waals surface area contributed by atoms with Crippen LogP contribution in [0.2, 0.25) is 0 Å². The SMILES string of the molecule is CC1(OCC(=O)NCCc2ccccn2)CNC1. The molecule has 5 heteroatoms. The number of pyridine rings is 1. The number of carbonyl (C=O) groups excluding carboxylic acids is 1. The fourth-order valence-electron chi connectivity index (χ4n) is 1.75. The van der Waals surface area contributed by atoms with Crippen molar-refractivity contribution >= 4 is 5.91 Å². The van der Waals surface area contributed by atoms with Crippen LogP contribution in [0.1, 0.15) is 12.6 Å². The first-order valence-corrected chi connectivity index (χ1v) is 6.19. The van der Waals surface area contributed by atoms with E-state index < -0.39 is 0 Å². The first-order valence-electron chi connectivity index (χ1n) is 6.19. The molecule has 1 aliphatic rings. The van der Waals surface area contributed by atoms with Crippen molar-refractivity contribution in [1.29, 1.82) is 0 Å². The highest BCUT2D eigenvalue weighted by molar-refractivity contribution is 5.77. The van der Waals surface area contributed by atoms with Crippen LogP contribution in [0.25, 0.3) is 0 Å². The quantitative estimate of drug-likeness (QED) is 0.751.